The highest BCUT2D eigenvalue weighted by Crippen LogP contribution is 2.17. The van der Waals surface area contributed by atoms with Crippen molar-refractivity contribution in [1.29, 1.82) is 0 Å². The number of carbonyl (C=O) groups is 1. The van der Waals surface area contributed by atoms with Crippen LogP contribution in [0.25, 0.3) is 0 Å². The second-order valence-electron chi connectivity index (χ2n) is 4.80. The molecule has 2 rings (SSSR count). The van der Waals surface area contributed by atoms with E-state index in [-0.39, 0.29) is 4.90 Å². The summed E-state index contributed by atoms with van der Waals surface area (Å²) in [6.07, 6.45) is 3.07. The van der Waals surface area contributed by atoms with Gasteiger partial charge < -0.3 is 9.84 Å². The topological polar surface area (TPSA) is 95.9 Å². The Hall–Kier alpha value is -1.64. The van der Waals surface area contributed by atoms with Gasteiger partial charge in [-0.1, -0.05) is 6.42 Å². The van der Waals surface area contributed by atoms with Gasteiger partial charge in [0, 0.05) is 13.1 Å². The number of hydrazine groups is 1. The van der Waals surface area contributed by atoms with Crippen molar-refractivity contribution in [1.82, 2.24) is 9.84 Å². The van der Waals surface area contributed by atoms with Gasteiger partial charge in [0.2, 0.25) is 0 Å². The number of nitrogens with one attached hydrogen (secondary N) is 1. The van der Waals surface area contributed by atoms with Crippen LogP contribution in [0.1, 0.15) is 19.3 Å². The van der Waals surface area contributed by atoms with Crippen molar-refractivity contribution in [2.45, 2.75) is 24.2 Å². The zero-order valence-electron chi connectivity index (χ0n) is 11.5. The summed E-state index contributed by atoms with van der Waals surface area (Å²) in [5.74, 6) is -0.771. The molecule has 1 aliphatic rings. The summed E-state index contributed by atoms with van der Waals surface area (Å²) in [7, 11) is -3.60. The monoisotopic (exact) mass is 314 g/mol. The number of nitrogens with zero attached hydrogens (tertiary/aromatic N) is 1. The summed E-state index contributed by atoms with van der Waals surface area (Å²) in [5.41, 5.74) is 0. The number of carboxylic acid groups (broad SMARTS) is 1. The van der Waals surface area contributed by atoms with E-state index in [9.17, 15) is 13.2 Å². The molecule has 0 atom stereocenters. The highest BCUT2D eigenvalue weighted by molar-refractivity contribution is 7.89. The van der Waals surface area contributed by atoms with Crippen LogP contribution in [0.5, 0.6) is 5.75 Å². The van der Waals surface area contributed by atoms with Gasteiger partial charge in [-0.25, -0.2) is 18.2 Å². The molecular weight excluding hydrogens is 296 g/mol. The first kappa shape index (κ1) is 15.7. The van der Waals surface area contributed by atoms with Gasteiger partial charge in [-0.05, 0) is 37.1 Å². The molecule has 1 fully saturated rings. The summed E-state index contributed by atoms with van der Waals surface area (Å²) < 4.78 is 29.3. The molecular formula is C13H18N2O5S. The number of hydrogen-bond donors (Lipinski definition) is 2. The molecule has 8 heteroatoms. The second-order valence-corrected chi connectivity index (χ2v) is 6.46. The first-order chi connectivity index (χ1) is 9.97. The zero-order valence-corrected chi connectivity index (χ0v) is 12.3. The summed E-state index contributed by atoms with van der Waals surface area (Å²) in [6, 6.07) is 5.66. The first-order valence-electron chi connectivity index (χ1n) is 6.69. The normalized spacial score (nSPS) is 16.6. The first-order valence-corrected chi connectivity index (χ1v) is 8.18. The molecule has 2 N–H and O–H groups in total. The standard InChI is InChI=1S/C13H18N2O5S/c16-13(17)10-20-11-4-6-12(7-5-11)21(18,19)14-15-8-2-1-3-9-15/h4-7,14H,1-3,8-10H2,(H,16,17). The Morgan fingerprint density at radius 3 is 2.38 bits per heavy atom. The summed E-state index contributed by atoms with van der Waals surface area (Å²) >= 11 is 0. The van der Waals surface area contributed by atoms with E-state index < -0.39 is 22.6 Å². The molecule has 0 bridgehead atoms. The third kappa shape index (κ3) is 4.69. The lowest BCUT2D eigenvalue weighted by atomic mass is 10.2. The highest BCUT2D eigenvalue weighted by atomic mass is 32.2. The number of benzene rings is 1. The minimum Gasteiger partial charge on any atom is -0.482 e. The lowest BCUT2D eigenvalue weighted by Gasteiger charge is -2.26. The van der Waals surface area contributed by atoms with Gasteiger partial charge in [0.15, 0.2) is 6.61 Å². The third-order valence-corrected chi connectivity index (χ3v) is 4.49. The Balaban J connectivity index is 2.00. The predicted octanol–water partition coefficient (Wildman–Crippen LogP) is 0.829. The van der Waals surface area contributed by atoms with E-state index in [1.165, 1.54) is 24.3 Å². The van der Waals surface area contributed by atoms with Gasteiger partial charge in [-0.15, -0.1) is 4.83 Å². The Bertz CT molecular complexity index is 579. The fourth-order valence-electron chi connectivity index (χ4n) is 2.07. The third-order valence-electron chi connectivity index (χ3n) is 3.10. The van der Waals surface area contributed by atoms with Gasteiger partial charge >= 0.3 is 5.97 Å². The van der Waals surface area contributed by atoms with E-state index in [0.717, 1.165) is 19.3 Å². The number of piperidine rings is 1. The second kappa shape index (κ2) is 6.88. The average molecular weight is 314 g/mol. The molecule has 0 spiro atoms. The van der Waals surface area contributed by atoms with E-state index in [1.807, 2.05) is 0 Å². The average Bonchev–Trinajstić information content (AvgIpc) is 2.46. The lowest BCUT2D eigenvalue weighted by Crippen LogP contribution is -2.44. The number of rotatable bonds is 6. The highest BCUT2D eigenvalue weighted by Gasteiger charge is 2.19. The molecule has 21 heavy (non-hydrogen) atoms. The number of carboxylic acids is 1. The lowest BCUT2D eigenvalue weighted by molar-refractivity contribution is -0.139. The molecule has 7 nitrogen and oxygen atoms in total. The minimum absolute atomic E-state index is 0.121. The fourth-order valence-corrected chi connectivity index (χ4v) is 3.19. The van der Waals surface area contributed by atoms with Crippen LogP contribution >= 0.6 is 0 Å². The molecule has 0 radical (unpaired) electrons. The number of hydrogen-bond acceptors (Lipinski definition) is 5. The van der Waals surface area contributed by atoms with E-state index in [1.54, 1.807) is 5.01 Å². The molecule has 1 saturated heterocycles. The molecule has 0 aromatic heterocycles. The predicted molar refractivity (Wildman–Crippen MR) is 75.3 cm³/mol. The molecule has 1 aliphatic heterocycles. The summed E-state index contributed by atoms with van der Waals surface area (Å²) in [4.78, 5) is 13.1. The smallest absolute Gasteiger partial charge is 0.341 e. The molecule has 0 saturated carbocycles. The fraction of sp³-hybridized carbons (Fsp3) is 0.462. The van der Waals surface area contributed by atoms with Crippen molar-refractivity contribution in [3.63, 3.8) is 0 Å². The van der Waals surface area contributed by atoms with Crippen molar-refractivity contribution in [3.8, 4) is 5.75 Å². The van der Waals surface area contributed by atoms with Crippen LogP contribution < -0.4 is 9.57 Å². The maximum atomic E-state index is 12.2. The molecule has 0 unspecified atom stereocenters. The van der Waals surface area contributed by atoms with Crippen LogP contribution in [0.15, 0.2) is 29.2 Å². The van der Waals surface area contributed by atoms with Gasteiger partial charge in [0.25, 0.3) is 10.0 Å². The Morgan fingerprint density at radius 2 is 1.81 bits per heavy atom. The molecule has 1 aromatic rings. The van der Waals surface area contributed by atoms with Crippen LogP contribution in [0.3, 0.4) is 0 Å². The zero-order chi connectivity index (χ0) is 15.3. The molecule has 116 valence electrons. The van der Waals surface area contributed by atoms with E-state index in [2.05, 4.69) is 4.83 Å². The minimum atomic E-state index is -3.60. The van der Waals surface area contributed by atoms with Gasteiger partial charge in [-0.2, -0.15) is 0 Å². The van der Waals surface area contributed by atoms with Crippen molar-refractivity contribution in [2.75, 3.05) is 19.7 Å². The Labute approximate surface area is 123 Å². The summed E-state index contributed by atoms with van der Waals surface area (Å²) in [5, 5.41) is 10.2. The maximum absolute atomic E-state index is 12.2. The number of sulfonamides is 1. The SMILES string of the molecule is O=C(O)COc1ccc(S(=O)(=O)NN2CCCCC2)cc1. The van der Waals surface area contributed by atoms with Crippen LogP contribution in [-0.4, -0.2) is 44.2 Å². The Kier molecular flexibility index (Phi) is 5.16. The van der Waals surface area contributed by atoms with Crippen LogP contribution in [0, 0.1) is 0 Å². The molecule has 1 aromatic carbocycles. The van der Waals surface area contributed by atoms with Crippen molar-refractivity contribution < 1.29 is 23.1 Å². The van der Waals surface area contributed by atoms with Crippen molar-refractivity contribution in [3.05, 3.63) is 24.3 Å². The van der Waals surface area contributed by atoms with E-state index >= 15 is 0 Å². The van der Waals surface area contributed by atoms with Crippen LogP contribution in [0.4, 0.5) is 0 Å². The molecule has 0 aliphatic carbocycles. The van der Waals surface area contributed by atoms with Crippen molar-refractivity contribution >= 4 is 16.0 Å². The molecule has 1 heterocycles. The summed E-state index contributed by atoms with van der Waals surface area (Å²) in [6.45, 7) is 0.955. The van der Waals surface area contributed by atoms with Crippen LogP contribution in [-0.2, 0) is 14.8 Å². The van der Waals surface area contributed by atoms with E-state index in [4.69, 9.17) is 9.84 Å². The molecule has 0 amide bonds. The quantitative estimate of drug-likeness (QED) is 0.807. The largest absolute Gasteiger partial charge is 0.482 e. The number of ether oxygens (including phenoxy) is 1. The van der Waals surface area contributed by atoms with E-state index in [0.29, 0.717) is 18.8 Å². The van der Waals surface area contributed by atoms with Gasteiger partial charge in [-0.3, -0.25) is 0 Å². The van der Waals surface area contributed by atoms with Crippen molar-refractivity contribution in [2.24, 2.45) is 0 Å². The van der Waals surface area contributed by atoms with Gasteiger partial charge in [0.1, 0.15) is 5.75 Å². The number of aliphatic carboxylic acids is 1. The van der Waals surface area contributed by atoms with Gasteiger partial charge in [0.05, 0.1) is 4.90 Å². The van der Waals surface area contributed by atoms with Crippen LogP contribution in [0.2, 0.25) is 0 Å². The Morgan fingerprint density at radius 1 is 1.19 bits per heavy atom. The maximum Gasteiger partial charge on any atom is 0.341 e.